The average Bonchev–Trinajstić information content (AvgIpc) is 3.53. The molecule has 0 aliphatic heterocycles. The topological polar surface area (TPSA) is 13.1 Å². The van der Waals surface area contributed by atoms with Crippen LogP contribution in [0.1, 0.15) is 0 Å². The Morgan fingerprint density at radius 1 is 0.245 bits per heavy atom. The van der Waals surface area contributed by atoms with Crippen molar-refractivity contribution in [2.24, 2.45) is 0 Å². The van der Waals surface area contributed by atoms with Gasteiger partial charge in [-0.25, -0.2) is 0 Å². The molecule has 1 heteroatoms. The van der Waals surface area contributed by atoms with Crippen LogP contribution in [0, 0.1) is 0 Å². The van der Waals surface area contributed by atoms with Gasteiger partial charge in [0, 0.05) is 10.8 Å². The van der Waals surface area contributed by atoms with E-state index < -0.39 is 0 Å². The van der Waals surface area contributed by atoms with Crippen LogP contribution in [0.4, 0.5) is 0 Å². The first-order chi connectivity index (χ1) is 24.3. The third kappa shape index (κ3) is 4.55. The Labute approximate surface area is 284 Å². The average molecular weight is 623 g/mol. The second kappa shape index (κ2) is 11.1. The normalized spacial score (nSPS) is 11.7. The maximum absolute atomic E-state index is 6.52. The van der Waals surface area contributed by atoms with Crippen LogP contribution in [0.2, 0.25) is 0 Å². The van der Waals surface area contributed by atoms with Gasteiger partial charge in [0.15, 0.2) is 0 Å². The van der Waals surface area contributed by atoms with Crippen LogP contribution < -0.4 is 0 Å². The lowest BCUT2D eigenvalue weighted by atomic mass is 9.85. The summed E-state index contributed by atoms with van der Waals surface area (Å²) in [7, 11) is 0. The first kappa shape index (κ1) is 27.7. The van der Waals surface area contributed by atoms with E-state index in [2.05, 4.69) is 182 Å². The highest BCUT2D eigenvalue weighted by molar-refractivity contribution is 6.22. The molecule has 0 N–H and O–H groups in total. The van der Waals surface area contributed by atoms with Crippen molar-refractivity contribution >= 4 is 54.3 Å². The molecule has 228 valence electrons. The second-order valence-electron chi connectivity index (χ2n) is 12.9. The van der Waals surface area contributed by atoms with E-state index >= 15 is 0 Å². The quantitative estimate of drug-likeness (QED) is 0.178. The number of hydrogen-bond donors (Lipinski definition) is 0. The molecule has 0 amide bonds. The van der Waals surface area contributed by atoms with Crippen molar-refractivity contribution in [2.75, 3.05) is 0 Å². The number of fused-ring (bicyclic) bond motifs is 6. The summed E-state index contributed by atoms with van der Waals surface area (Å²) in [5.41, 5.74) is 11.6. The Hall–Kier alpha value is -6.44. The van der Waals surface area contributed by atoms with Crippen LogP contribution in [-0.2, 0) is 0 Å². The highest BCUT2D eigenvalue weighted by Crippen LogP contribution is 2.45. The molecule has 9 aromatic carbocycles. The summed E-state index contributed by atoms with van der Waals surface area (Å²) < 4.78 is 6.52. The van der Waals surface area contributed by atoms with Gasteiger partial charge in [-0.15, -0.1) is 0 Å². The van der Waals surface area contributed by atoms with Crippen LogP contribution in [0.5, 0.6) is 0 Å². The standard InChI is InChI=1S/C48H30O/c1-2-10-31(11-3-1)32-18-20-33(21-19-32)34-22-24-35(25-23-34)47-40-14-6-8-16-42(40)48(43-17-9-7-15-41(43)47)38-26-27-39-44-28-36-12-4-5-13-37(36)29-46(44)49-45(39)30-38/h1-30H. The minimum Gasteiger partial charge on any atom is -0.456 e. The molecule has 0 fully saturated rings. The van der Waals surface area contributed by atoms with E-state index in [0.29, 0.717) is 0 Å². The summed E-state index contributed by atoms with van der Waals surface area (Å²) in [5.74, 6) is 0. The Kier molecular flexibility index (Phi) is 6.25. The zero-order chi connectivity index (χ0) is 32.3. The van der Waals surface area contributed by atoms with Crippen molar-refractivity contribution in [1.82, 2.24) is 0 Å². The minimum atomic E-state index is 0.910. The van der Waals surface area contributed by atoms with Crippen LogP contribution in [-0.4, -0.2) is 0 Å². The van der Waals surface area contributed by atoms with Gasteiger partial charge >= 0.3 is 0 Å². The molecule has 0 radical (unpaired) electrons. The van der Waals surface area contributed by atoms with Crippen molar-refractivity contribution in [3.8, 4) is 44.5 Å². The van der Waals surface area contributed by atoms with Crippen molar-refractivity contribution in [3.05, 3.63) is 182 Å². The lowest BCUT2D eigenvalue weighted by Gasteiger charge is -2.18. The van der Waals surface area contributed by atoms with Gasteiger partial charge in [-0.05, 0) is 101 Å². The monoisotopic (exact) mass is 622 g/mol. The summed E-state index contributed by atoms with van der Waals surface area (Å²) in [6.07, 6.45) is 0. The first-order valence-electron chi connectivity index (χ1n) is 16.8. The Morgan fingerprint density at radius 2 is 0.653 bits per heavy atom. The zero-order valence-electron chi connectivity index (χ0n) is 26.7. The van der Waals surface area contributed by atoms with Gasteiger partial charge in [-0.1, -0.05) is 158 Å². The summed E-state index contributed by atoms with van der Waals surface area (Å²) in [6.45, 7) is 0. The van der Waals surface area contributed by atoms with Crippen molar-refractivity contribution < 1.29 is 4.42 Å². The fourth-order valence-electron chi connectivity index (χ4n) is 7.68. The fraction of sp³-hybridized carbons (Fsp3) is 0. The van der Waals surface area contributed by atoms with Gasteiger partial charge in [0.1, 0.15) is 11.2 Å². The van der Waals surface area contributed by atoms with Crippen LogP contribution >= 0.6 is 0 Å². The Bertz CT molecular complexity index is 2780. The van der Waals surface area contributed by atoms with E-state index in [1.807, 2.05) is 0 Å². The Morgan fingerprint density at radius 3 is 1.22 bits per heavy atom. The summed E-state index contributed by atoms with van der Waals surface area (Å²) in [5, 5.41) is 9.67. The Balaban J connectivity index is 1.10. The van der Waals surface area contributed by atoms with E-state index in [4.69, 9.17) is 4.42 Å². The molecule has 0 bridgehead atoms. The number of rotatable bonds is 4. The van der Waals surface area contributed by atoms with E-state index in [1.54, 1.807) is 0 Å². The molecule has 49 heavy (non-hydrogen) atoms. The van der Waals surface area contributed by atoms with Gasteiger partial charge < -0.3 is 4.42 Å². The highest BCUT2D eigenvalue weighted by Gasteiger charge is 2.18. The van der Waals surface area contributed by atoms with E-state index in [1.165, 1.54) is 71.3 Å². The molecule has 1 nitrogen and oxygen atoms in total. The molecule has 0 unspecified atom stereocenters. The molecule has 10 rings (SSSR count). The smallest absolute Gasteiger partial charge is 0.136 e. The predicted octanol–water partition coefficient (Wildman–Crippen LogP) is 13.7. The third-order valence-corrected chi connectivity index (χ3v) is 10.1. The van der Waals surface area contributed by atoms with Gasteiger partial charge in [0.25, 0.3) is 0 Å². The molecule has 0 saturated carbocycles. The molecule has 1 aromatic heterocycles. The lowest BCUT2D eigenvalue weighted by molar-refractivity contribution is 0.669. The number of furan rings is 1. The maximum atomic E-state index is 6.52. The first-order valence-corrected chi connectivity index (χ1v) is 16.8. The van der Waals surface area contributed by atoms with Gasteiger partial charge in [0.2, 0.25) is 0 Å². The van der Waals surface area contributed by atoms with E-state index in [0.717, 1.165) is 27.5 Å². The molecule has 0 atom stereocenters. The number of hydrogen-bond acceptors (Lipinski definition) is 1. The molecule has 0 saturated heterocycles. The largest absolute Gasteiger partial charge is 0.456 e. The SMILES string of the molecule is c1ccc(-c2ccc(-c3ccc(-c4c5ccccc5c(-c5ccc6c(c5)oc5cc7ccccc7cc56)c5ccccc45)cc3)cc2)cc1. The number of benzene rings is 9. The molecular weight excluding hydrogens is 593 g/mol. The van der Waals surface area contributed by atoms with Crippen LogP contribution in [0.25, 0.3) is 98.8 Å². The van der Waals surface area contributed by atoms with Crippen LogP contribution in [0.3, 0.4) is 0 Å². The van der Waals surface area contributed by atoms with Crippen molar-refractivity contribution in [3.63, 3.8) is 0 Å². The van der Waals surface area contributed by atoms with Crippen LogP contribution in [0.15, 0.2) is 186 Å². The molecular formula is C48H30O. The van der Waals surface area contributed by atoms with Gasteiger partial charge in [0.05, 0.1) is 0 Å². The summed E-state index contributed by atoms with van der Waals surface area (Å²) in [4.78, 5) is 0. The van der Waals surface area contributed by atoms with E-state index in [9.17, 15) is 0 Å². The van der Waals surface area contributed by atoms with E-state index in [-0.39, 0.29) is 0 Å². The minimum absolute atomic E-state index is 0.910. The van der Waals surface area contributed by atoms with Gasteiger partial charge in [-0.3, -0.25) is 0 Å². The van der Waals surface area contributed by atoms with Crippen molar-refractivity contribution in [1.29, 1.82) is 0 Å². The second-order valence-corrected chi connectivity index (χ2v) is 12.9. The van der Waals surface area contributed by atoms with Gasteiger partial charge in [-0.2, -0.15) is 0 Å². The summed E-state index contributed by atoms with van der Waals surface area (Å²) >= 11 is 0. The molecule has 10 aromatic rings. The summed E-state index contributed by atoms with van der Waals surface area (Å²) in [6, 6.07) is 65.7. The lowest BCUT2D eigenvalue weighted by Crippen LogP contribution is -1.91. The zero-order valence-corrected chi connectivity index (χ0v) is 26.7. The highest BCUT2D eigenvalue weighted by atomic mass is 16.3. The predicted molar refractivity (Wildman–Crippen MR) is 208 cm³/mol. The molecule has 0 spiro atoms. The fourth-order valence-corrected chi connectivity index (χ4v) is 7.68. The molecule has 0 aliphatic rings. The van der Waals surface area contributed by atoms with Crippen molar-refractivity contribution in [2.45, 2.75) is 0 Å². The molecule has 0 aliphatic carbocycles. The maximum Gasteiger partial charge on any atom is 0.136 e. The third-order valence-electron chi connectivity index (χ3n) is 10.1. The molecule has 1 heterocycles.